The Balaban J connectivity index is 1.96. The third-order valence-electron chi connectivity index (χ3n) is 4.88. The van der Waals surface area contributed by atoms with Gasteiger partial charge in [0.15, 0.2) is 0 Å². The fraction of sp³-hybridized carbons (Fsp3) is 1.00. The monoisotopic (exact) mass is 270 g/mol. The molecule has 1 atom stereocenters. The maximum atomic E-state index is 3.80. The normalized spacial score (nSPS) is 28.7. The highest BCUT2D eigenvalue weighted by molar-refractivity contribution is 7.98. The standard InChI is InChI=1S/C15H30N2S/c1-3-14-12-17(10-7-11-18-2)15(13-16-14)8-5-4-6-9-15/h14,16H,3-13H2,1-2H3. The first kappa shape index (κ1) is 14.7. The van der Waals surface area contributed by atoms with Crippen LogP contribution in [0.5, 0.6) is 0 Å². The van der Waals surface area contributed by atoms with E-state index in [2.05, 4.69) is 23.4 Å². The van der Waals surface area contributed by atoms with Crippen molar-refractivity contribution >= 4 is 11.8 Å². The molecule has 1 saturated heterocycles. The Labute approximate surface area is 117 Å². The molecule has 0 aromatic heterocycles. The SMILES string of the molecule is CCC1CN(CCCSC)C2(CCCCC2)CN1. The van der Waals surface area contributed by atoms with Gasteiger partial charge in [-0.25, -0.2) is 0 Å². The largest absolute Gasteiger partial charge is 0.311 e. The van der Waals surface area contributed by atoms with Crippen molar-refractivity contribution in [2.75, 3.05) is 31.6 Å². The average molecular weight is 270 g/mol. The van der Waals surface area contributed by atoms with Gasteiger partial charge < -0.3 is 5.32 Å². The van der Waals surface area contributed by atoms with Crippen molar-refractivity contribution in [2.24, 2.45) is 0 Å². The minimum Gasteiger partial charge on any atom is -0.311 e. The van der Waals surface area contributed by atoms with Crippen LogP contribution in [-0.2, 0) is 0 Å². The number of rotatable bonds is 5. The highest BCUT2D eigenvalue weighted by Crippen LogP contribution is 2.35. The number of thioether (sulfide) groups is 1. The zero-order valence-corrected chi connectivity index (χ0v) is 13.0. The molecule has 2 rings (SSSR count). The van der Waals surface area contributed by atoms with Gasteiger partial charge in [-0.3, -0.25) is 4.90 Å². The van der Waals surface area contributed by atoms with Crippen molar-refractivity contribution in [3.05, 3.63) is 0 Å². The molecule has 18 heavy (non-hydrogen) atoms. The van der Waals surface area contributed by atoms with E-state index in [0.717, 1.165) is 6.04 Å². The van der Waals surface area contributed by atoms with Crippen LogP contribution < -0.4 is 5.32 Å². The highest BCUT2D eigenvalue weighted by atomic mass is 32.2. The van der Waals surface area contributed by atoms with Crippen molar-refractivity contribution < 1.29 is 0 Å². The third kappa shape index (κ3) is 3.43. The Morgan fingerprint density at radius 3 is 2.72 bits per heavy atom. The second kappa shape index (κ2) is 7.16. The molecule has 0 aromatic rings. The van der Waals surface area contributed by atoms with E-state index in [4.69, 9.17) is 0 Å². The molecule has 106 valence electrons. The molecular weight excluding hydrogens is 240 g/mol. The van der Waals surface area contributed by atoms with Crippen LogP contribution in [-0.4, -0.2) is 48.1 Å². The molecule has 2 fully saturated rings. The molecule has 2 aliphatic rings. The predicted molar refractivity (Wildman–Crippen MR) is 82.5 cm³/mol. The Bertz CT molecular complexity index is 239. The Kier molecular flexibility index (Phi) is 5.84. The minimum atomic E-state index is 0.516. The predicted octanol–water partition coefficient (Wildman–Crippen LogP) is 3.13. The summed E-state index contributed by atoms with van der Waals surface area (Å²) in [4.78, 5) is 2.85. The van der Waals surface area contributed by atoms with Gasteiger partial charge in [-0.05, 0) is 44.2 Å². The first-order valence-corrected chi connectivity index (χ1v) is 9.17. The first-order chi connectivity index (χ1) is 8.80. The van der Waals surface area contributed by atoms with Crippen LogP contribution in [0.4, 0.5) is 0 Å². The average Bonchev–Trinajstić information content (AvgIpc) is 2.42. The molecule has 0 bridgehead atoms. The summed E-state index contributed by atoms with van der Waals surface area (Å²) in [6.07, 6.45) is 12.1. The third-order valence-corrected chi connectivity index (χ3v) is 5.58. The second-order valence-corrected chi connectivity index (χ2v) is 7.05. The van der Waals surface area contributed by atoms with Gasteiger partial charge in [0.1, 0.15) is 0 Å². The fourth-order valence-electron chi connectivity index (χ4n) is 3.67. The number of nitrogens with one attached hydrogen (secondary N) is 1. The van der Waals surface area contributed by atoms with Crippen molar-refractivity contribution in [3.63, 3.8) is 0 Å². The summed E-state index contributed by atoms with van der Waals surface area (Å²) in [6.45, 7) is 6.16. The van der Waals surface area contributed by atoms with Gasteiger partial charge in [-0.1, -0.05) is 26.2 Å². The van der Waals surface area contributed by atoms with Crippen LogP contribution in [0.2, 0.25) is 0 Å². The molecule has 1 N–H and O–H groups in total. The summed E-state index contributed by atoms with van der Waals surface area (Å²) in [6, 6.07) is 0.729. The topological polar surface area (TPSA) is 15.3 Å². The van der Waals surface area contributed by atoms with Crippen molar-refractivity contribution in [2.45, 2.75) is 63.5 Å². The lowest BCUT2D eigenvalue weighted by Gasteiger charge is -2.52. The van der Waals surface area contributed by atoms with Crippen LogP contribution in [0, 0.1) is 0 Å². The van der Waals surface area contributed by atoms with E-state index in [1.165, 1.54) is 70.3 Å². The highest BCUT2D eigenvalue weighted by Gasteiger charge is 2.41. The van der Waals surface area contributed by atoms with Gasteiger partial charge in [-0.2, -0.15) is 11.8 Å². The molecular formula is C15H30N2S. The van der Waals surface area contributed by atoms with Crippen molar-refractivity contribution in [3.8, 4) is 0 Å². The van der Waals surface area contributed by atoms with E-state index in [1.807, 2.05) is 11.8 Å². The summed E-state index contributed by atoms with van der Waals surface area (Å²) in [5, 5.41) is 3.80. The van der Waals surface area contributed by atoms with Gasteiger partial charge in [0.2, 0.25) is 0 Å². The first-order valence-electron chi connectivity index (χ1n) is 7.78. The molecule has 1 unspecified atom stereocenters. The van der Waals surface area contributed by atoms with Gasteiger partial charge >= 0.3 is 0 Å². The lowest BCUT2D eigenvalue weighted by molar-refractivity contribution is 0.00966. The number of hydrogen-bond acceptors (Lipinski definition) is 3. The van der Waals surface area contributed by atoms with E-state index >= 15 is 0 Å². The molecule has 2 nitrogen and oxygen atoms in total. The summed E-state index contributed by atoms with van der Waals surface area (Å²) in [5.41, 5.74) is 0.516. The van der Waals surface area contributed by atoms with Gasteiger partial charge in [0, 0.05) is 24.7 Å². The van der Waals surface area contributed by atoms with Crippen molar-refractivity contribution in [1.82, 2.24) is 10.2 Å². The summed E-state index contributed by atoms with van der Waals surface area (Å²) >= 11 is 1.99. The van der Waals surface area contributed by atoms with Gasteiger partial charge in [0.05, 0.1) is 0 Å². The van der Waals surface area contributed by atoms with E-state index in [1.54, 1.807) is 0 Å². The van der Waals surface area contributed by atoms with Crippen LogP contribution in [0.25, 0.3) is 0 Å². The second-order valence-electron chi connectivity index (χ2n) is 6.06. The Morgan fingerprint density at radius 1 is 1.28 bits per heavy atom. The maximum absolute atomic E-state index is 3.80. The lowest BCUT2D eigenvalue weighted by Crippen LogP contribution is -2.65. The van der Waals surface area contributed by atoms with E-state index in [-0.39, 0.29) is 0 Å². The zero-order chi connectivity index (χ0) is 12.8. The van der Waals surface area contributed by atoms with E-state index in [9.17, 15) is 0 Å². The maximum Gasteiger partial charge on any atom is 0.0334 e. The smallest absolute Gasteiger partial charge is 0.0334 e. The molecule has 0 aromatic carbocycles. The van der Waals surface area contributed by atoms with Crippen molar-refractivity contribution in [1.29, 1.82) is 0 Å². The Morgan fingerprint density at radius 2 is 2.06 bits per heavy atom. The summed E-state index contributed by atoms with van der Waals surface area (Å²) in [5.74, 6) is 1.32. The summed E-state index contributed by atoms with van der Waals surface area (Å²) in [7, 11) is 0. The quantitative estimate of drug-likeness (QED) is 0.773. The van der Waals surface area contributed by atoms with E-state index in [0.29, 0.717) is 5.54 Å². The molecule has 0 radical (unpaired) electrons. The molecule has 1 spiro atoms. The number of hydrogen-bond donors (Lipinski definition) is 1. The van der Waals surface area contributed by atoms with Crippen LogP contribution in [0.1, 0.15) is 51.9 Å². The van der Waals surface area contributed by atoms with Gasteiger partial charge in [0.25, 0.3) is 0 Å². The number of piperazine rings is 1. The molecule has 3 heteroatoms. The zero-order valence-electron chi connectivity index (χ0n) is 12.2. The Hall–Kier alpha value is 0.270. The lowest BCUT2D eigenvalue weighted by atomic mass is 9.78. The molecule has 1 saturated carbocycles. The van der Waals surface area contributed by atoms with Crippen LogP contribution in [0.3, 0.4) is 0 Å². The van der Waals surface area contributed by atoms with Crippen LogP contribution >= 0.6 is 11.8 Å². The molecule has 1 aliphatic heterocycles. The molecule has 0 amide bonds. The number of nitrogens with zero attached hydrogens (tertiary/aromatic N) is 1. The van der Waals surface area contributed by atoms with Crippen LogP contribution in [0.15, 0.2) is 0 Å². The minimum absolute atomic E-state index is 0.516. The van der Waals surface area contributed by atoms with E-state index < -0.39 is 0 Å². The summed E-state index contributed by atoms with van der Waals surface area (Å²) < 4.78 is 0. The van der Waals surface area contributed by atoms with Gasteiger partial charge in [-0.15, -0.1) is 0 Å². The molecule has 1 aliphatic carbocycles. The molecule has 1 heterocycles. The fourth-order valence-corrected chi connectivity index (χ4v) is 4.09.